The predicted molar refractivity (Wildman–Crippen MR) is 80.6 cm³/mol. The maximum absolute atomic E-state index is 13.0. The highest BCUT2D eigenvalue weighted by atomic mass is 32.1. The third-order valence-electron chi connectivity index (χ3n) is 3.16. The van der Waals surface area contributed by atoms with Crippen LogP contribution in [0.25, 0.3) is 0 Å². The van der Waals surface area contributed by atoms with Crippen molar-refractivity contribution < 1.29 is 9.18 Å². The van der Waals surface area contributed by atoms with E-state index in [9.17, 15) is 9.18 Å². The van der Waals surface area contributed by atoms with E-state index >= 15 is 0 Å². The van der Waals surface area contributed by atoms with E-state index in [0.29, 0.717) is 23.5 Å². The number of thiophene rings is 1. The van der Waals surface area contributed by atoms with Crippen molar-refractivity contribution in [3.8, 4) is 0 Å². The highest BCUT2D eigenvalue weighted by Crippen LogP contribution is 2.23. The molecule has 2 aromatic rings. The van der Waals surface area contributed by atoms with Crippen LogP contribution in [-0.4, -0.2) is 12.5 Å². The Labute approximate surface area is 121 Å². The van der Waals surface area contributed by atoms with Gasteiger partial charge in [0.25, 0.3) is 5.91 Å². The number of rotatable bonds is 4. The molecule has 3 nitrogen and oxygen atoms in total. The van der Waals surface area contributed by atoms with E-state index in [1.54, 1.807) is 12.1 Å². The van der Waals surface area contributed by atoms with Crippen LogP contribution in [0.4, 0.5) is 10.1 Å². The summed E-state index contributed by atoms with van der Waals surface area (Å²) in [6.07, 6.45) is 0.678. The minimum atomic E-state index is -0.236. The van der Waals surface area contributed by atoms with Gasteiger partial charge in [-0.15, -0.1) is 11.3 Å². The van der Waals surface area contributed by atoms with Crippen molar-refractivity contribution in [1.29, 1.82) is 0 Å². The number of aryl methyl sites for hydroxylation is 2. The third-order valence-corrected chi connectivity index (χ3v) is 4.23. The zero-order valence-electron chi connectivity index (χ0n) is 11.5. The number of hydrogen-bond donors (Lipinski definition) is 2. The van der Waals surface area contributed by atoms with E-state index in [-0.39, 0.29) is 11.7 Å². The van der Waals surface area contributed by atoms with Gasteiger partial charge in [0, 0.05) is 17.1 Å². The van der Waals surface area contributed by atoms with Gasteiger partial charge < -0.3 is 11.1 Å². The van der Waals surface area contributed by atoms with Gasteiger partial charge >= 0.3 is 0 Å². The fraction of sp³-hybridized carbons (Fsp3) is 0.267. The van der Waals surface area contributed by atoms with Crippen molar-refractivity contribution >= 4 is 22.9 Å². The van der Waals surface area contributed by atoms with Crippen molar-refractivity contribution in [2.75, 3.05) is 12.3 Å². The first-order chi connectivity index (χ1) is 9.47. The minimum Gasteiger partial charge on any atom is -0.398 e. The standard InChI is InChI=1S/C15H17FN2OS/c1-9-7-12(16)4-3-11(9)5-6-18-15(19)14-8-13(17)10(2)20-14/h3-4,7-8H,5-6,17H2,1-2H3,(H,18,19). The number of carbonyl (C=O) groups is 1. The van der Waals surface area contributed by atoms with E-state index in [0.717, 1.165) is 16.0 Å². The number of halogens is 1. The molecule has 5 heteroatoms. The van der Waals surface area contributed by atoms with Crippen molar-refractivity contribution in [1.82, 2.24) is 5.32 Å². The molecule has 0 unspecified atom stereocenters. The summed E-state index contributed by atoms with van der Waals surface area (Å²) in [5, 5.41) is 2.85. The smallest absolute Gasteiger partial charge is 0.261 e. The minimum absolute atomic E-state index is 0.116. The zero-order chi connectivity index (χ0) is 14.7. The Balaban J connectivity index is 1.91. The number of anilines is 1. The van der Waals surface area contributed by atoms with E-state index in [2.05, 4.69) is 5.32 Å². The highest BCUT2D eigenvalue weighted by molar-refractivity contribution is 7.14. The second-order valence-corrected chi connectivity index (χ2v) is 5.96. The molecular formula is C15H17FN2OS. The highest BCUT2D eigenvalue weighted by Gasteiger charge is 2.10. The Bertz CT molecular complexity index is 617. The number of benzene rings is 1. The van der Waals surface area contributed by atoms with Crippen LogP contribution in [0.5, 0.6) is 0 Å². The van der Waals surface area contributed by atoms with Gasteiger partial charge in [-0.05, 0) is 49.6 Å². The Morgan fingerprint density at radius 2 is 2.10 bits per heavy atom. The Morgan fingerprint density at radius 3 is 2.70 bits per heavy atom. The molecule has 0 aliphatic carbocycles. The summed E-state index contributed by atoms with van der Waals surface area (Å²) < 4.78 is 13.0. The molecule has 0 spiro atoms. The second kappa shape index (κ2) is 6.05. The largest absolute Gasteiger partial charge is 0.398 e. The van der Waals surface area contributed by atoms with Gasteiger partial charge in [-0.25, -0.2) is 4.39 Å². The number of amides is 1. The molecule has 3 N–H and O–H groups in total. The molecule has 0 radical (unpaired) electrons. The van der Waals surface area contributed by atoms with Gasteiger partial charge in [-0.1, -0.05) is 6.07 Å². The van der Waals surface area contributed by atoms with Crippen molar-refractivity contribution in [3.05, 3.63) is 51.0 Å². The molecule has 0 aliphatic rings. The zero-order valence-corrected chi connectivity index (χ0v) is 12.3. The molecule has 0 bridgehead atoms. The van der Waals surface area contributed by atoms with Gasteiger partial charge in [0.05, 0.1) is 4.88 Å². The number of hydrogen-bond acceptors (Lipinski definition) is 3. The SMILES string of the molecule is Cc1cc(F)ccc1CCNC(=O)c1cc(N)c(C)s1. The monoisotopic (exact) mass is 292 g/mol. The van der Waals surface area contributed by atoms with Gasteiger partial charge in [-0.2, -0.15) is 0 Å². The Morgan fingerprint density at radius 1 is 1.35 bits per heavy atom. The fourth-order valence-corrected chi connectivity index (χ4v) is 2.80. The molecule has 1 aromatic carbocycles. The summed E-state index contributed by atoms with van der Waals surface area (Å²) in [6.45, 7) is 4.27. The molecule has 1 heterocycles. The van der Waals surface area contributed by atoms with E-state index in [1.165, 1.54) is 23.5 Å². The maximum Gasteiger partial charge on any atom is 0.261 e. The van der Waals surface area contributed by atoms with Crippen LogP contribution in [0.3, 0.4) is 0 Å². The van der Waals surface area contributed by atoms with Crippen LogP contribution in [0.15, 0.2) is 24.3 Å². The molecule has 0 atom stereocenters. The van der Waals surface area contributed by atoms with Gasteiger partial charge in [0.1, 0.15) is 5.82 Å². The quantitative estimate of drug-likeness (QED) is 0.910. The average Bonchev–Trinajstić information content (AvgIpc) is 2.72. The van der Waals surface area contributed by atoms with Crippen molar-refractivity contribution in [2.24, 2.45) is 0 Å². The lowest BCUT2D eigenvalue weighted by Crippen LogP contribution is -2.25. The van der Waals surface area contributed by atoms with Crippen molar-refractivity contribution in [3.63, 3.8) is 0 Å². The molecule has 0 fully saturated rings. The Hall–Kier alpha value is -1.88. The van der Waals surface area contributed by atoms with Crippen LogP contribution >= 0.6 is 11.3 Å². The first kappa shape index (κ1) is 14.5. The first-order valence-corrected chi connectivity index (χ1v) is 7.18. The number of nitrogen functional groups attached to an aromatic ring is 1. The summed E-state index contributed by atoms with van der Waals surface area (Å²) in [7, 11) is 0. The molecule has 20 heavy (non-hydrogen) atoms. The van der Waals surface area contributed by atoms with Gasteiger partial charge in [0.15, 0.2) is 0 Å². The number of nitrogens with one attached hydrogen (secondary N) is 1. The van der Waals surface area contributed by atoms with Crippen molar-refractivity contribution in [2.45, 2.75) is 20.3 Å². The molecule has 106 valence electrons. The van der Waals surface area contributed by atoms with Crippen LogP contribution in [0.1, 0.15) is 25.7 Å². The summed E-state index contributed by atoms with van der Waals surface area (Å²) in [5.74, 6) is -0.352. The maximum atomic E-state index is 13.0. The lowest BCUT2D eigenvalue weighted by Gasteiger charge is -2.07. The number of carbonyl (C=O) groups excluding carboxylic acids is 1. The third kappa shape index (κ3) is 3.36. The summed E-state index contributed by atoms with van der Waals surface area (Å²) in [5.41, 5.74) is 8.31. The van der Waals surface area contributed by atoms with Gasteiger partial charge in [-0.3, -0.25) is 4.79 Å². The molecule has 0 saturated heterocycles. The van der Waals surface area contributed by atoms with Gasteiger partial charge in [0.2, 0.25) is 0 Å². The van der Waals surface area contributed by atoms with Crippen LogP contribution in [0.2, 0.25) is 0 Å². The van der Waals surface area contributed by atoms with Crippen LogP contribution < -0.4 is 11.1 Å². The summed E-state index contributed by atoms with van der Waals surface area (Å²) in [6, 6.07) is 6.39. The molecule has 2 rings (SSSR count). The molecule has 0 aliphatic heterocycles. The lowest BCUT2D eigenvalue weighted by molar-refractivity contribution is 0.0958. The van der Waals surface area contributed by atoms with E-state index < -0.39 is 0 Å². The van der Waals surface area contributed by atoms with E-state index in [1.807, 2.05) is 13.8 Å². The van der Waals surface area contributed by atoms with E-state index in [4.69, 9.17) is 5.73 Å². The fourth-order valence-electron chi connectivity index (χ4n) is 1.95. The predicted octanol–water partition coefficient (Wildman–Crippen LogP) is 3.06. The summed E-state index contributed by atoms with van der Waals surface area (Å²) in [4.78, 5) is 13.5. The summed E-state index contributed by atoms with van der Waals surface area (Å²) >= 11 is 1.39. The Kier molecular flexibility index (Phi) is 4.39. The average molecular weight is 292 g/mol. The number of nitrogens with two attached hydrogens (primary N) is 1. The molecule has 0 saturated carbocycles. The normalized spacial score (nSPS) is 10.6. The van der Waals surface area contributed by atoms with Crippen LogP contribution in [0, 0.1) is 19.7 Å². The lowest BCUT2D eigenvalue weighted by atomic mass is 10.1. The topological polar surface area (TPSA) is 55.1 Å². The van der Waals surface area contributed by atoms with Crippen LogP contribution in [-0.2, 0) is 6.42 Å². The molecule has 1 amide bonds. The molecule has 1 aromatic heterocycles. The first-order valence-electron chi connectivity index (χ1n) is 6.36. The molecular weight excluding hydrogens is 275 g/mol. The second-order valence-electron chi connectivity index (χ2n) is 4.70.